The lowest BCUT2D eigenvalue weighted by atomic mass is 9.92. The number of para-hydroxylation sites is 1. The number of benzene rings is 1. The van der Waals surface area contributed by atoms with Gasteiger partial charge in [0.15, 0.2) is 0 Å². The van der Waals surface area contributed by atoms with Crippen molar-refractivity contribution in [2.24, 2.45) is 11.8 Å². The molecule has 0 bridgehead atoms. The maximum Gasteiger partial charge on any atom is 0.220 e. The van der Waals surface area contributed by atoms with Crippen molar-refractivity contribution in [3.05, 3.63) is 42.1 Å². The van der Waals surface area contributed by atoms with E-state index in [1.54, 1.807) is 0 Å². The Hall–Kier alpha value is -1.94. The van der Waals surface area contributed by atoms with Crippen LogP contribution in [0, 0.1) is 11.8 Å². The minimum atomic E-state index is 0.126. The fourth-order valence-electron chi connectivity index (χ4n) is 4.32. The Labute approximate surface area is 149 Å². The van der Waals surface area contributed by atoms with E-state index in [1.165, 1.54) is 36.6 Å². The summed E-state index contributed by atoms with van der Waals surface area (Å²) in [6.07, 6.45) is 8.45. The predicted molar refractivity (Wildman–Crippen MR) is 98.3 cm³/mol. The summed E-state index contributed by atoms with van der Waals surface area (Å²) >= 11 is 0. The summed E-state index contributed by atoms with van der Waals surface area (Å²) in [5, 5.41) is 4.45. The number of carbonyl (C=O) groups is 1. The number of hydrogen-bond acceptors (Lipinski definition) is 3. The van der Waals surface area contributed by atoms with Crippen LogP contribution in [0.3, 0.4) is 0 Å². The fraction of sp³-hybridized carbons (Fsp3) is 0.524. The van der Waals surface area contributed by atoms with Crippen LogP contribution in [0.25, 0.3) is 10.9 Å². The number of ether oxygens (including phenoxy) is 1. The van der Waals surface area contributed by atoms with Gasteiger partial charge >= 0.3 is 0 Å². The molecule has 2 aromatic rings. The molecule has 4 rings (SSSR count). The standard InChI is InChI=1S/C21H26N2O2/c24-21(11-15-5-1-2-6-15)23-20-14-25-13-17(20)12-16-9-10-22-19-8-4-3-7-18(16)19/h3-4,7-10,15,17,20H,1-2,5-6,11-14H2,(H,23,24)/t17-,20-/m1/s1. The van der Waals surface area contributed by atoms with Crippen LogP contribution in [0.2, 0.25) is 0 Å². The molecule has 1 saturated carbocycles. The van der Waals surface area contributed by atoms with Crippen molar-refractivity contribution in [2.75, 3.05) is 13.2 Å². The van der Waals surface area contributed by atoms with Crippen LogP contribution in [0.1, 0.15) is 37.7 Å². The van der Waals surface area contributed by atoms with Crippen LogP contribution in [-0.4, -0.2) is 30.1 Å². The lowest BCUT2D eigenvalue weighted by Crippen LogP contribution is -2.41. The van der Waals surface area contributed by atoms with Crippen LogP contribution in [0.15, 0.2) is 36.5 Å². The first-order valence-corrected chi connectivity index (χ1v) is 9.49. The molecule has 4 heteroatoms. The van der Waals surface area contributed by atoms with Crippen molar-refractivity contribution in [1.82, 2.24) is 10.3 Å². The maximum absolute atomic E-state index is 12.4. The fourth-order valence-corrected chi connectivity index (χ4v) is 4.32. The largest absolute Gasteiger partial charge is 0.379 e. The van der Waals surface area contributed by atoms with E-state index in [0.29, 0.717) is 31.5 Å². The van der Waals surface area contributed by atoms with E-state index in [9.17, 15) is 4.79 Å². The van der Waals surface area contributed by atoms with Gasteiger partial charge < -0.3 is 10.1 Å². The second-order valence-corrected chi connectivity index (χ2v) is 7.52. The topological polar surface area (TPSA) is 51.2 Å². The number of aromatic nitrogens is 1. The molecule has 2 heterocycles. The van der Waals surface area contributed by atoms with Crippen molar-refractivity contribution >= 4 is 16.8 Å². The lowest BCUT2D eigenvalue weighted by molar-refractivity contribution is -0.122. The minimum Gasteiger partial charge on any atom is -0.379 e. The Morgan fingerprint density at radius 3 is 2.88 bits per heavy atom. The summed E-state index contributed by atoms with van der Waals surface area (Å²) in [4.78, 5) is 16.8. The zero-order chi connectivity index (χ0) is 17.1. The Kier molecular flexibility index (Phi) is 4.97. The number of carbonyl (C=O) groups excluding carboxylic acids is 1. The van der Waals surface area contributed by atoms with Gasteiger partial charge in [-0.05, 0) is 42.9 Å². The van der Waals surface area contributed by atoms with E-state index in [0.717, 1.165) is 11.9 Å². The van der Waals surface area contributed by atoms with Gasteiger partial charge in [0.05, 0.1) is 24.8 Å². The van der Waals surface area contributed by atoms with E-state index in [-0.39, 0.29) is 11.9 Å². The summed E-state index contributed by atoms with van der Waals surface area (Å²) in [5.74, 6) is 1.12. The molecule has 132 valence electrons. The summed E-state index contributed by atoms with van der Waals surface area (Å²) < 4.78 is 5.69. The maximum atomic E-state index is 12.4. The molecule has 25 heavy (non-hydrogen) atoms. The van der Waals surface area contributed by atoms with Crippen molar-refractivity contribution in [3.8, 4) is 0 Å². The average Bonchev–Trinajstić information content (AvgIpc) is 3.28. The second-order valence-electron chi connectivity index (χ2n) is 7.52. The van der Waals surface area contributed by atoms with E-state index < -0.39 is 0 Å². The molecule has 1 aliphatic carbocycles. The monoisotopic (exact) mass is 338 g/mol. The molecular weight excluding hydrogens is 312 g/mol. The summed E-state index contributed by atoms with van der Waals surface area (Å²) in [6, 6.07) is 10.5. The second kappa shape index (κ2) is 7.52. The zero-order valence-electron chi connectivity index (χ0n) is 14.6. The van der Waals surface area contributed by atoms with Gasteiger partial charge in [0, 0.05) is 23.9 Å². The molecule has 4 nitrogen and oxygen atoms in total. The molecule has 0 spiro atoms. The molecule has 1 amide bonds. The molecule has 2 aliphatic rings. The smallest absolute Gasteiger partial charge is 0.220 e. The molecule has 0 radical (unpaired) electrons. The normalized spacial score (nSPS) is 24.0. The van der Waals surface area contributed by atoms with Crippen molar-refractivity contribution < 1.29 is 9.53 Å². The Morgan fingerprint density at radius 1 is 1.16 bits per heavy atom. The molecule has 2 atom stereocenters. The Balaban J connectivity index is 1.41. The van der Waals surface area contributed by atoms with Crippen molar-refractivity contribution in [3.63, 3.8) is 0 Å². The third-order valence-corrected chi connectivity index (χ3v) is 5.72. The highest BCUT2D eigenvalue weighted by Gasteiger charge is 2.30. The van der Waals surface area contributed by atoms with Crippen LogP contribution in [-0.2, 0) is 16.0 Å². The highest BCUT2D eigenvalue weighted by molar-refractivity contribution is 5.82. The lowest BCUT2D eigenvalue weighted by Gasteiger charge is -2.20. The van der Waals surface area contributed by atoms with Crippen LogP contribution < -0.4 is 5.32 Å². The van der Waals surface area contributed by atoms with Crippen LogP contribution in [0.5, 0.6) is 0 Å². The first-order valence-electron chi connectivity index (χ1n) is 9.49. The number of amides is 1. The van der Waals surface area contributed by atoms with E-state index >= 15 is 0 Å². The zero-order valence-corrected chi connectivity index (χ0v) is 14.6. The number of fused-ring (bicyclic) bond motifs is 1. The van der Waals surface area contributed by atoms with E-state index in [4.69, 9.17) is 4.74 Å². The Morgan fingerprint density at radius 2 is 2.00 bits per heavy atom. The van der Waals surface area contributed by atoms with Gasteiger partial charge in [0.25, 0.3) is 0 Å². The number of nitrogens with one attached hydrogen (secondary N) is 1. The molecule has 2 fully saturated rings. The molecule has 1 aliphatic heterocycles. The summed E-state index contributed by atoms with van der Waals surface area (Å²) in [5.41, 5.74) is 2.32. The first kappa shape index (κ1) is 16.5. The van der Waals surface area contributed by atoms with Crippen molar-refractivity contribution in [1.29, 1.82) is 0 Å². The van der Waals surface area contributed by atoms with Gasteiger partial charge in [-0.2, -0.15) is 0 Å². The van der Waals surface area contributed by atoms with E-state index in [1.807, 2.05) is 18.3 Å². The average molecular weight is 338 g/mol. The molecule has 1 N–H and O–H groups in total. The Bertz CT molecular complexity index is 734. The van der Waals surface area contributed by atoms with Gasteiger partial charge in [-0.1, -0.05) is 31.0 Å². The highest BCUT2D eigenvalue weighted by Crippen LogP contribution is 2.28. The summed E-state index contributed by atoms with van der Waals surface area (Å²) in [7, 11) is 0. The number of pyridine rings is 1. The minimum absolute atomic E-state index is 0.126. The molecule has 1 aromatic heterocycles. The van der Waals surface area contributed by atoms with Gasteiger partial charge in [0.1, 0.15) is 0 Å². The molecule has 0 unspecified atom stereocenters. The van der Waals surface area contributed by atoms with Gasteiger partial charge in [0.2, 0.25) is 5.91 Å². The van der Waals surface area contributed by atoms with Crippen LogP contribution in [0.4, 0.5) is 0 Å². The first-order chi connectivity index (χ1) is 12.3. The highest BCUT2D eigenvalue weighted by atomic mass is 16.5. The third kappa shape index (κ3) is 3.84. The predicted octanol–water partition coefficient (Wildman–Crippen LogP) is 3.49. The molecule has 1 saturated heterocycles. The number of rotatable bonds is 5. The van der Waals surface area contributed by atoms with Gasteiger partial charge in [-0.15, -0.1) is 0 Å². The summed E-state index contributed by atoms with van der Waals surface area (Å²) in [6.45, 7) is 1.34. The van der Waals surface area contributed by atoms with Gasteiger partial charge in [-0.25, -0.2) is 0 Å². The van der Waals surface area contributed by atoms with Gasteiger partial charge in [-0.3, -0.25) is 9.78 Å². The molecule has 1 aromatic carbocycles. The van der Waals surface area contributed by atoms with Crippen LogP contribution >= 0.6 is 0 Å². The molecular formula is C21H26N2O2. The van der Waals surface area contributed by atoms with E-state index in [2.05, 4.69) is 28.5 Å². The quantitative estimate of drug-likeness (QED) is 0.908. The number of hydrogen-bond donors (Lipinski definition) is 1. The third-order valence-electron chi connectivity index (χ3n) is 5.72. The SMILES string of the molecule is O=C(CC1CCCC1)N[C@@H]1COC[C@H]1Cc1ccnc2ccccc12. The number of nitrogens with zero attached hydrogens (tertiary/aromatic N) is 1. The van der Waals surface area contributed by atoms with Crippen molar-refractivity contribution in [2.45, 2.75) is 44.6 Å².